The van der Waals surface area contributed by atoms with Crippen LogP contribution in [-0.2, 0) is 14.3 Å². The number of carbonyl (C=O) groups excluding carboxylic acids is 3. The summed E-state index contributed by atoms with van der Waals surface area (Å²) in [6.45, 7) is 1.18. The molecule has 0 spiro atoms. The Kier molecular flexibility index (Phi) is 3.15. The summed E-state index contributed by atoms with van der Waals surface area (Å²) in [4.78, 5) is 32.8. The second-order valence-electron chi connectivity index (χ2n) is 2.54. The highest BCUT2D eigenvalue weighted by molar-refractivity contribution is 9.26. The van der Waals surface area contributed by atoms with Crippen LogP contribution in [0.1, 0.15) is 6.92 Å². The minimum absolute atomic E-state index is 0.603. The van der Waals surface area contributed by atoms with Crippen LogP contribution in [0, 0.1) is 0 Å². The van der Waals surface area contributed by atoms with Gasteiger partial charge in [-0.15, -0.1) is 0 Å². The Labute approximate surface area is 96.0 Å². The Morgan fingerprint density at radius 1 is 1.50 bits per heavy atom. The molecule has 0 bridgehead atoms. The van der Waals surface area contributed by atoms with Crippen molar-refractivity contribution in [3.8, 4) is 0 Å². The molecule has 1 rings (SSSR count). The van der Waals surface area contributed by atoms with Crippen molar-refractivity contribution < 1.29 is 19.1 Å². The summed E-state index contributed by atoms with van der Waals surface area (Å²) in [5, 5.41) is 4.26. The molecule has 1 atom stereocenters. The van der Waals surface area contributed by atoms with Crippen LogP contribution in [0.2, 0.25) is 0 Å². The Bertz CT molecular complexity index is 302. The van der Waals surface area contributed by atoms with E-state index in [0.717, 1.165) is 0 Å². The molecule has 0 aromatic carbocycles. The van der Waals surface area contributed by atoms with E-state index in [1.807, 2.05) is 5.32 Å². The van der Waals surface area contributed by atoms with E-state index in [1.54, 1.807) is 0 Å². The van der Waals surface area contributed by atoms with E-state index >= 15 is 0 Å². The molecule has 8 heteroatoms. The second-order valence-corrected chi connectivity index (χ2v) is 6.11. The summed E-state index contributed by atoms with van der Waals surface area (Å²) in [6, 6.07) is -0.712. The fourth-order valence-corrected chi connectivity index (χ4v) is 1.43. The van der Waals surface area contributed by atoms with E-state index in [1.165, 1.54) is 6.92 Å². The number of urea groups is 1. The average Bonchev–Trinajstić information content (AvgIpc) is 1.99. The van der Waals surface area contributed by atoms with E-state index in [4.69, 9.17) is 4.74 Å². The molecule has 1 heterocycles. The first-order valence-corrected chi connectivity index (χ1v) is 5.09. The Balaban J connectivity index is 2.84. The predicted octanol–water partition coefficient (Wildman–Crippen LogP) is 0.201. The van der Waals surface area contributed by atoms with Gasteiger partial charge in [0.05, 0.1) is 0 Å². The summed E-state index contributed by atoms with van der Waals surface area (Å²) in [7, 11) is 0. The Hall–Kier alpha value is -0.630. The highest BCUT2D eigenvalue weighted by Gasteiger charge is 2.48. The van der Waals surface area contributed by atoms with Crippen molar-refractivity contribution in [1.29, 1.82) is 0 Å². The lowest BCUT2D eigenvalue weighted by Gasteiger charge is -2.33. The van der Waals surface area contributed by atoms with Crippen LogP contribution in [0.25, 0.3) is 0 Å². The van der Waals surface area contributed by atoms with Gasteiger partial charge in [-0.2, -0.15) is 0 Å². The highest BCUT2D eigenvalue weighted by Crippen LogP contribution is 2.33. The molecule has 1 aliphatic heterocycles. The second kappa shape index (κ2) is 3.85. The van der Waals surface area contributed by atoms with Crippen molar-refractivity contribution in [3.05, 3.63) is 0 Å². The minimum Gasteiger partial charge on any atom is -0.439 e. The molecule has 78 valence electrons. The molecule has 3 amide bonds. The van der Waals surface area contributed by atoms with Crippen LogP contribution >= 0.6 is 31.9 Å². The molecule has 0 saturated carbocycles. The van der Waals surface area contributed by atoms with E-state index in [-0.39, 0.29) is 0 Å². The summed E-state index contributed by atoms with van der Waals surface area (Å²) < 4.78 is 3.39. The standard InChI is InChI=1S/C6H6Br2N2O4/c1-2(11)14-4-6(7,8)3(12)9-5(13)10-4/h4H,1H3,(H2,9,10,12,13). The predicted molar refractivity (Wildman–Crippen MR) is 52.8 cm³/mol. The monoisotopic (exact) mass is 328 g/mol. The SMILES string of the molecule is CC(=O)OC1NC(=O)NC(=O)C1(Br)Br. The number of esters is 1. The molecular weight excluding hydrogens is 324 g/mol. The van der Waals surface area contributed by atoms with Gasteiger partial charge in [-0.3, -0.25) is 20.2 Å². The first-order chi connectivity index (χ1) is 6.34. The first kappa shape index (κ1) is 11.4. The van der Waals surface area contributed by atoms with Crippen molar-refractivity contribution in [2.24, 2.45) is 0 Å². The van der Waals surface area contributed by atoms with Crippen molar-refractivity contribution >= 4 is 49.8 Å². The van der Waals surface area contributed by atoms with Gasteiger partial charge in [-0.25, -0.2) is 4.79 Å². The molecule has 1 aliphatic rings. The van der Waals surface area contributed by atoms with Crippen LogP contribution in [0.3, 0.4) is 0 Å². The zero-order chi connectivity index (χ0) is 10.9. The quantitative estimate of drug-likeness (QED) is 0.531. The number of alkyl halides is 2. The fraction of sp³-hybridized carbons (Fsp3) is 0.500. The lowest BCUT2D eigenvalue weighted by molar-refractivity contribution is -0.149. The molecule has 1 fully saturated rings. The number of hydrogen-bond acceptors (Lipinski definition) is 4. The van der Waals surface area contributed by atoms with E-state index < -0.39 is 27.4 Å². The average molecular weight is 330 g/mol. The van der Waals surface area contributed by atoms with E-state index in [0.29, 0.717) is 0 Å². The van der Waals surface area contributed by atoms with Crippen molar-refractivity contribution in [3.63, 3.8) is 0 Å². The Morgan fingerprint density at radius 2 is 2.07 bits per heavy atom. The van der Waals surface area contributed by atoms with Gasteiger partial charge < -0.3 is 4.74 Å². The van der Waals surface area contributed by atoms with Gasteiger partial charge in [0.1, 0.15) is 0 Å². The smallest absolute Gasteiger partial charge is 0.324 e. The van der Waals surface area contributed by atoms with Crippen molar-refractivity contribution in [1.82, 2.24) is 10.6 Å². The third-order valence-corrected chi connectivity index (χ3v) is 2.96. The molecule has 0 aliphatic carbocycles. The summed E-state index contributed by atoms with van der Waals surface area (Å²) >= 11 is 5.99. The molecule has 6 nitrogen and oxygen atoms in total. The Morgan fingerprint density at radius 3 is 2.57 bits per heavy atom. The molecule has 0 aromatic heterocycles. The van der Waals surface area contributed by atoms with Gasteiger partial charge in [0.15, 0.2) is 0 Å². The maximum Gasteiger partial charge on any atom is 0.324 e. The lowest BCUT2D eigenvalue weighted by atomic mass is 10.3. The number of ether oxygens (including phenoxy) is 1. The van der Waals surface area contributed by atoms with Crippen LogP contribution in [0.4, 0.5) is 4.79 Å². The van der Waals surface area contributed by atoms with Crippen LogP contribution in [0.15, 0.2) is 0 Å². The normalized spacial score (nSPS) is 24.9. The van der Waals surface area contributed by atoms with Crippen LogP contribution in [0.5, 0.6) is 0 Å². The van der Waals surface area contributed by atoms with Gasteiger partial charge in [-0.1, -0.05) is 31.9 Å². The summed E-state index contributed by atoms with van der Waals surface area (Å²) in [5.74, 6) is -1.24. The molecule has 1 unspecified atom stereocenters. The summed E-state index contributed by atoms with van der Waals surface area (Å²) in [5.41, 5.74) is 0. The topological polar surface area (TPSA) is 84.5 Å². The van der Waals surface area contributed by atoms with Gasteiger partial charge in [0.2, 0.25) is 9.46 Å². The largest absolute Gasteiger partial charge is 0.439 e. The lowest BCUT2D eigenvalue weighted by Crippen LogP contribution is -2.64. The summed E-state index contributed by atoms with van der Waals surface area (Å²) in [6.07, 6.45) is -1.08. The number of rotatable bonds is 1. The number of nitrogens with one attached hydrogen (secondary N) is 2. The minimum atomic E-state index is -1.33. The van der Waals surface area contributed by atoms with Crippen LogP contribution < -0.4 is 10.6 Å². The van der Waals surface area contributed by atoms with Crippen LogP contribution in [-0.4, -0.2) is 27.4 Å². The number of carbonyl (C=O) groups is 3. The molecule has 0 radical (unpaired) electrons. The number of hydrogen-bond donors (Lipinski definition) is 2. The zero-order valence-electron chi connectivity index (χ0n) is 6.97. The van der Waals surface area contributed by atoms with Crippen molar-refractivity contribution in [2.75, 3.05) is 0 Å². The molecule has 0 aromatic rings. The molecular formula is C6H6Br2N2O4. The number of imide groups is 1. The van der Waals surface area contributed by atoms with Gasteiger partial charge in [-0.05, 0) is 0 Å². The first-order valence-electron chi connectivity index (χ1n) is 3.51. The van der Waals surface area contributed by atoms with E-state index in [9.17, 15) is 14.4 Å². The van der Waals surface area contributed by atoms with Gasteiger partial charge in [0, 0.05) is 6.92 Å². The maximum absolute atomic E-state index is 11.3. The van der Waals surface area contributed by atoms with Crippen molar-refractivity contribution in [2.45, 2.75) is 16.4 Å². The third-order valence-electron chi connectivity index (χ3n) is 1.41. The van der Waals surface area contributed by atoms with Gasteiger partial charge in [0.25, 0.3) is 5.91 Å². The highest BCUT2D eigenvalue weighted by atomic mass is 79.9. The van der Waals surface area contributed by atoms with E-state index in [2.05, 4.69) is 37.2 Å². The molecule has 2 N–H and O–H groups in total. The van der Waals surface area contributed by atoms with Gasteiger partial charge >= 0.3 is 12.0 Å². The third kappa shape index (κ3) is 2.24. The molecule has 1 saturated heterocycles. The zero-order valence-corrected chi connectivity index (χ0v) is 10.1. The number of halogens is 2. The fourth-order valence-electron chi connectivity index (χ4n) is 0.821. The molecule has 14 heavy (non-hydrogen) atoms. The number of amides is 3. The maximum atomic E-state index is 11.3.